The average molecular weight is 309 g/mol. The van der Waals surface area contributed by atoms with Crippen molar-refractivity contribution < 1.29 is 4.79 Å². The number of thioether (sulfide) groups is 1. The van der Waals surface area contributed by atoms with Gasteiger partial charge < -0.3 is 5.32 Å². The third-order valence-electron chi connectivity index (χ3n) is 3.21. The lowest BCUT2D eigenvalue weighted by molar-refractivity contribution is -0.115. The third kappa shape index (κ3) is 3.26. The molecule has 22 heavy (non-hydrogen) atoms. The smallest absolute Gasteiger partial charge is 0.264 e. The Morgan fingerprint density at radius 2 is 2.14 bits per heavy atom. The van der Waals surface area contributed by atoms with Crippen molar-refractivity contribution >= 4 is 34.6 Å². The van der Waals surface area contributed by atoms with Gasteiger partial charge in [-0.3, -0.25) is 9.78 Å². The Hall–Kier alpha value is -2.40. The van der Waals surface area contributed by atoms with E-state index in [4.69, 9.17) is 0 Å². The summed E-state index contributed by atoms with van der Waals surface area (Å²) < 4.78 is 0. The van der Waals surface area contributed by atoms with Crippen LogP contribution in [0.2, 0.25) is 0 Å². The van der Waals surface area contributed by atoms with Gasteiger partial charge in [-0.25, -0.2) is 4.99 Å². The van der Waals surface area contributed by atoms with Gasteiger partial charge in [-0.2, -0.15) is 0 Å². The molecule has 1 aromatic heterocycles. The molecule has 3 rings (SSSR count). The van der Waals surface area contributed by atoms with Crippen molar-refractivity contribution in [1.29, 1.82) is 0 Å². The number of carbonyl (C=O) groups is 1. The highest BCUT2D eigenvalue weighted by molar-refractivity contribution is 8.18. The summed E-state index contributed by atoms with van der Waals surface area (Å²) in [5.41, 5.74) is 4.05. The first-order valence-corrected chi connectivity index (χ1v) is 7.70. The molecule has 0 bridgehead atoms. The van der Waals surface area contributed by atoms with Gasteiger partial charge in [-0.1, -0.05) is 23.8 Å². The van der Waals surface area contributed by atoms with E-state index in [1.165, 1.54) is 17.3 Å². The van der Waals surface area contributed by atoms with Gasteiger partial charge in [0, 0.05) is 12.4 Å². The van der Waals surface area contributed by atoms with Crippen LogP contribution in [0.25, 0.3) is 6.08 Å². The van der Waals surface area contributed by atoms with E-state index in [0.29, 0.717) is 10.1 Å². The summed E-state index contributed by atoms with van der Waals surface area (Å²) in [6.07, 6.45) is 5.24. The van der Waals surface area contributed by atoms with Gasteiger partial charge in [-0.05, 0) is 54.9 Å². The third-order valence-corrected chi connectivity index (χ3v) is 4.12. The number of amides is 1. The number of aliphatic imine (C=N–C) groups is 1. The SMILES string of the molecule is Cc1ccc(N=C2NC(=O)/C(=C/c3cccnc3)S2)c(C)c1. The zero-order chi connectivity index (χ0) is 15.5. The standard InChI is InChI=1S/C17H15N3OS/c1-11-5-6-14(12(2)8-11)19-17-20-16(21)15(22-17)9-13-4-3-7-18-10-13/h3-10H,1-2H3,(H,19,20,21)/b15-9-. The molecule has 1 saturated heterocycles. The Kier molecular flexibility index (Phi) is 4.06. The van der Waals surface area contributed by atoms with Crippen molar-refractivity contribution in [2.24, 2.45) is 4.99 Å². The summed E-state index contributed by atoms with van der Waals surface area (Å²) in [5.74, 6) is -0.127. The number of hydrogen-bond acceptors (Lipinski definition) is 4. The maximum atomic E-state index is 12.0. The predicted molar refractivity (Wildman–Crippen MR) is 91.0 cm³/mol. The predicted octanol–water partition coefficient (Wildman–Crippen LogP) is 3.59. The molecule has 1 fully saturated rings. The minimum absolute atomic E-state index is 0.127. The van der Waals surface area contributed by atoms with E-state index >= 15 is 0 Å². The first-order valence-electron chi connectivity index (χ1n) is 6.89. The molecule has 4 nitrogen and oxygen atoms in total. The second-order valence-electron chi connectivity index (χ2n) is 5.06. The number of pyridine rings is 1. The highest BCUT2D eigenvalue weighted by atomic mass is 32.2. The van der Waals surface area contributed by atoms with Gasteiger partial charge in [0.15, 0.2) is 5.17 Å². The average Bonchev–Trinajstić information content (AvgIpc) is 2.83. The number of carbonyl (C=O) groups excluding carboxylic acids is 1. The van der Waals surface area contributed by atoms with Crippen LogP contribution in [0.5, 0.6) is 0 Å². The van der Waals surface area contributed by atoms with E-state index in [1.807, 2.05) is 44.2 Å². The summed E-state index contributed by atoms with van der Waals surface area (Å²) >= 11 is 1.34. The molecule has 0 aliphatic carbocycles. The maximum Gasteiger partial charge on any atom is 0.264 e. The number of nitrogens with zero attached hydrogens (tertiary/aromatic N) is 2. The summed E-state index contributed by atoms with van der Waals surface area (Å²) in [6, 6.07) is 9.81. The first-order chi connectivity index (χ1) is 10.6. The van der Waals surface area contributed by atoms with E-state index in [0.717, 1.165) is 16.8 Å². The molecule has 1 amide bonds. The van der Waals surface area contributed by atoms with Crippen LogP contribution in [0.15, 0.2) is 52.6 Å². The monoisotopic (exact) mass is 309 g/mol. The molecule has 1 aliphatic rings. The molecule has 0 saturated carbocycles. The highest BCUT2D eigenvalue weighted by Gasteiger charge is 2.23. The number of hydrogen-bond donors (Lipinski definition) is 1. The molecule has 1 N–H and O–H groups in total. The fourth-order valence-electron chi connectivity index (χ4n) is 2.13. The molecule has 1 aromatic carbocycles. The zero-order valence-electron chi connectivity index (χ0n) is 12.3. The lowest BCUT2D eigenvalue weighted by atomic mass is 10.1. The van der Waals surface area contributed by atoms with Gasteiger partial charge in [0.2, 0.25) is 0 Å². The molecule has 1 aliphatic heterocycles. The van der Waals surface area contributed by atoms with E-state index < -0.39 is 0 Å². The number of rotatable bonds is 2. The molecule has 0 atom stereocenters. The second kappa shape index (κ2) is 6.15. The lowest BCUT2D eigenvalue weighted by Crippen LogP contribution is -2.19. The van der Waals surface area contributed by atoms with Crippen LogP contribution in [0.1, 0.15) is 16.7 Å². The number of aromatic nitrogens is 1. The van der Waals surface area contributed by atoms with Crippen LogP contribution < -0.4 is 5.32 Å². The van der Waals surface area contributed by atoms with Crippen molar-refractivity contribution in [3.05, 3.63) is 64.3 Å². The van der Waals surface area contributed by atoms with Crippen LogP contribution in [0, 0.1) is 13.8 Å². The van der Waals surface area contributed by atoms with Gasteiger partial charge in [0.25, 0.3) is 5.91 Å². The van der Waals surface area contributed by atoms with Crippen LogP contribution >= 0.6 is 11.8 Å². The summed E-state index contributed by atoms with van der Waals surface area (Å²) in [6.45, 7) is 4.06. The fraction of sp³-hybridized carbons (Fsp3) is 0.118. The topological polar surface area (TPSA) is 54.4 Å². The van der Waals surface area contributed by atoms with Crippen LogP contribution in [0.4, 0.5) is 5.69 Å². The molecule has 0 radical (unpaired) electrons. The van der Waals surface area contributed by atoms with E-state index in [9.17, 15) is 4.79 Å². The fourth-order valence-corrected chi connectivity index (χ4v) is 2.97. The summed E-state index contributed by atoms with van der Waals surface area (Å²) in [7, 11) is 0. The molecular weight excluding hydrogens is 294 g/mol. The maximum absolute atomic E-state index is 12.0. The minimum Gasteiger partial charge on any atom is -0.300 e. The molecule has 0 unspecified atom stereocenters. The normalized spacial score (nSPS) is 18.0. The number of benzene rings is 1. The van der Waals surface area contributed by atoms with E-state index in [2.05, 4.69) is 21.4 Å². The summed E-state index contributed by atoms with van der Waals surface area (Å²) in [5, 5.41) is 3.40. The Balaban J connectivity index is 1.85. The van der Waals surface area contributed by atoms with Crippen LogP contribution in [-0.4, -0.2) is 16.1 Å². The van der Waals surface area contributed by atoms with Gasteiger partial charge >= 0.3 is 0 Å². The Bertz CT molecular complexity index is 782. The molecular formula is C17H15N3OS. The van der Waals surface area contributed by atoms with Crippen molar-refractivity contribution in [2.75, 3.05) is 0 Å². The molecule has 110 valence electrons. The highest BCUT2D eigenvalue weighted by Crippen LogP contribution is 2.29. The molecule has 0 spiro atoms. The Morgan fingerprint density at radius 1 is 1.27 bits per heavy atom. The van der Waals surface area contributed by atoms with Crippen LogP contribution in [0.3, 0.4) is 0 Å². The molecule has 5 heteroatoms. The quantitative estimate of drug-likeness (QED) is 0.863. The van der Waals surface area contributed by atoms with Crippen molar-refractivity contribution in [2.45, 2.75) is 13.8 Å². The first kappa shape index (κ1) is 14.5. The van der Waals surface area contributed by atoms with Gasteiger partial charge in [-0.15, -0.1) is 0 Å². The van der Waals surface area contributed by atoms with Gasteiger partial charge in [0.1, 0.15) is 0 Å². The van der Waals surface area contributed by atoms with E-state index in [-0.39, 0.29) is 5.91 Å². The largest absolute Gasteiger partial charge is 0.300 e. The molecule has 2 heterocycles. The summed E-state index contributed by atoms with van der Waals surface area (Å²) in [4.78, 5) is 21.2. The Morgan fingerprint density at radius 3 is 2.86 bits per heavy atom. The second-order valence-corrected chi connectivity index (χ2v) is 6.09. The van der Waals surface area contributed by atoms with Crippen LogP contribution in [-0.2, 0) is 4.79 Å². The number of nitrogens with one attached hydrogen (secondary N) is 1. The van der Waals surface area contributed by atoms with E-state index in [1.54, 1.807) is 12.4 Å². The van der Waals surface area contributed by atoms with Gasteiger partial charge in [0.05, 0.1) is 10.6 Å². The number of aryl methyl sites for hydroxylation is 2. The van der Waals surface area contributed by atoms with Crippen molar-refractivity contribution in [3.63, 3.8) is 0 Å². The number of amidine groups is 1. The minimum atomic E-state index is -0.127. The Labute approximate surface area is 133 Å². The lowest BCUT2D eigenvalue weighted by Gasteiger charge is -2.02. The van der Waals surface area contributed by atoms with Crippen molar-refractivity contribution in [3.8, 4) is 0 Å². The molecule has 2 aromatic rings. The zero-order valence-corrected chi connectivity index (χ0v) is 13.1. The van der Waals surface area contributed by atoms with Crippen molar-refractivity contribution in [1.82, 2.24) is 10.3 Å².